The highest BCUT2D eigenvalue weighted by atomic mass is 19.1. The molecule has 0 spiro atoms. The molecule has 0 amide bonds. The van der Waals surface area contributed by atoms with Crippen molar-refractivity contribution in [2.45, 2.75) is 130 Å². The van der Waals surface area contributed by atoms with Crippen LogP contribution in [0.15, 0.2) is 0 Å². The molecule has 2 unspecified atom stereocenters. The molecule has 0 aliphatic heterocycles. The fourth-order valence-corrected chi connectivity index (χ4v) is 4.59. The first-order valence-corrected chi connectivity index (χ1v) is 11.3. The van der Waals surface area contributed by atoms with E-state index in [4.69, 9.17) is 0 Å². The molecule has 1 fully saturated rings. The Kier molecular flexibility index (Phi) is 12.9. The monoisotopic (exact) mass is 340 g/mol. The number of halogens is 1. The van der Waals surface area contributed by atoms with Gasteiger partial charge in [-0.3, -0.25) is 0 Å². The number of hydrogen-bond donors (Lipinski definition) is 0. The van der Waals surface area contributed by atoms with Crippen LogP contribution in [0.2, 0.25) is 0 Å². The van der Waals surface area contributed by atoms with Gasteiger partial charge in [-0.1, -0.05) is 97.8 Å². The highest BCUT2D eigenvalue weighted by molar-refractivity contribution is 4.77. The lowest BCUT2D eigenvalue weighted by Gasteiger charge is -2.33. The second kappa shape index (κ2) is 14.1. The molecule has 24 heavy (non-hydrogen) atoms. The van der Waals surface area contributed by atoms with Gasteiger partial charge in [-0.2, -0.15) is 0 Å². The van der Waals surface area contributed by atoms with E-state index in [1.165, 1.54) is 83.5 Å². The van der Waals surface area contributed by atoms with Crippen molar-refractivity contribution in [1.82, 2.24) is 0 Å². The van der Waals surface area contributed by atoms with Gasteiger partial charge in [0.25, 0.3) is 0 Å². The Morgan fingerprint density at radius 2 is 1.38 bits per heavy atom. The summed E-state index contributed by atoms with van der Waals surface area (Å²) in [5, 5.41) is 0. The van der Waals surface area contributed by atoms with Gasteiger partial charge in [-0.05, 0) is 43.4 Å². The topological polar surface area (TPSA) is 0 Å². The SMILES string of the molecule is CCCCCCCC1CCC(C(C)CC(F)CCCCCC)CC1. The Morgan fingerprint density at radius 1 is 0.792 bits per heavy atom. The summed E-state index contributed by atoms with van der Waals surface area (Å²) in [5.41, 5.74) is 0. The molecule has 144 valence electrons. The predicted octanol–water partition coefficient (Wildman–Crippen LogP) is 8.49. The third-order valence-corrected chi connectivity index (χ3v) is 6.41. The van der Waals surface area contributed by atoms with Crippen molar-refractivity contribution >= 4 is 0 Å². The fourth-order valence-electron chi connectivity index (χ4n) is 4.59. The Morgan fingerprint density at radius 3 is 2.00 bits per heavy atom. The normalized spacial score (nSPS) is 24.0. The van der Waals surface area contributed by atoms with Gasteiger partial charge < -0.3 is 0 Å². The molecule has 1 rings (SSSR count). The molecule has 0 aromatic carbocycles. The van der Waals surface area contributed by atoms with Crippen molar-refractivity contribution in [3.05, 3.63) is 0 Å². The summed E-state index contributed by atoms with van der Waals surface area (Å²) < 4.78 is 14.2. The summed E-state index contributed by atoms with van der Waals surface area (Å²) in [6.07, 6.45) is 20.0. The van der Waals surface area contributed by atoms with Crippen LogP contribution < -0.4 is 0 Å². The van der Waals surface area contributed by atoms with Crippen LogP contribution in [0.1, 0.15) is 124 Å². The molecule has 0 bridgehead atoms. The molecule has 0 heterocycles. The Hall–Kier alpha value is -0.0700. The van der Waals surface area contributed by atoms with Gasteiger partial charge in [0, 0.05) is 0 Å². The molecular formula is C23H45F. The first-order chi connectivity index (χ1) is 11.7. The van der Waals surface area contributed by atoms with Crippen LogP contribution in [0.25, 0.3) is 0 Å². The molecule has 1 heteroatoms. The van der Waals surface area contributed by atoms with Crippen molar-refractivity contribution in [2.75, 3.05) is 0 Å². The van der Waals surface area contributed by atoms with E-state index in [1.807, 2.05) is 0 Å². The lowest BCUT2D eigenvalue weighted by Crippen LogP contribution is -2.22. The van der Waals surface area contributed by atoms with Crippen LogP contribution in [-0.4, -0.2) is 6.17 Å². The largest absolute Gasteiger partial charge is 0.247 e. The fraction of sp³-hybridized carbons (Fsp3) is 1.00. The highest BCUT2D eigenvalue weighted by Crippen LogP contribution is 2.37. The molecular weight excluding hydrogens is 295 g/mol. The molecule has 1 aliphatic carbocycles. The Bertz CT molecular complexity index is 267. The van der Waals surface area contributed by atoms with Gasteiger partial charge >= 0.3 is 0 Å². The van der Waals surface area contributed by atoms with Gasteiger partial charge in [0.2, 0.25) is 0 Å². The van der Waals surface area contributed by atoms with E-state index in [0.717, 1.165) is 31.1 Å². The minimum atomic E-state index is -0.548. The quantitative estimate of drug-likeness (QED) is 0.278. The molecule has 0 saturated heterocycles. The van der Waals surface area contributed by atoms with E-state index in [1.54, 1.807) is 0 Å². The number of rotatable bonds is 14. The maximum atomic E-state index is 14.2. The van der Waals surface area contributed by atoms with Crippen molar-refractivity contribution in [3.8, 4) is 0 Å². The average Bonchev–Trinajstić information content (AvgIpc) is 2.59. The molecule has 2 atom stereocenters. The number of unbranched alkanes of at least 4 members (excludes halogenated alkanes) is 7. The number of hydrogen-bond acceptors (Lipinski definition) is 0. The van der Waals surface area contributed by atoms with Crippen LogP contribution in [0.3, 0.4) is 0 Å². The van der Waals surface area contributed by atoms with Crippen LogP contribution in [0, 0.1) is 17.8 Å². The zero-order valence-corrected chi connectivity index (χ0v) is 17.0. The van der Waals surface area contributed by atoms with E-state index < -0.39 is 6.17 Å². The van der Waals surface area contributed by atoms with Gasteiger partial charge in [-0.25, -0.2) is 4.39 Å². The van der Waals surface area contributed by atoms with E-state index in [2.05, 4.69) is 20.8 Å². The third-order valence-electron chi connectivity index (χ3n) is 6.41. The van der Waals surface area contributed by atoms with Crippen LogP contribution in [-0.2, 0) is 0 Å². The molecule has 0 aromatic rings. The van der Waals surface area contributed by atoms with E-state index in [9.17, 15) is 4.39 Å². The first-order valence-electron chi connectivity index (χ1n) is 11.3. The summed E-state index contributed by atoms with van der Waals surface area (Å²) in [7, 11) is 0. The minimum Gasteiger partial charge on any atom is -0.247 e. The lowest BCUT2D eigenvalue weighted by molar-refractivity contribution is 0.162. The summed E-state index contributed by atoms with van der Waals surface area (Å²) in [4.78, 5) is 0. The van der Waals surface area contributed by atoms with E-state index in [-0.39, 0.29) is 0 Å². The molecule has 0 N–H and O–H groups in total. The minimum absolute atomic E-state index is 0.548. The summed E-state index contributed by atoms with van der Waals surface area (Å²) >= 11 is 0. The van der Waals surface area contributed by atoms with E-state index >= 15 is 0 Å². The molecule has 0 radical (unpaired) electrons. The standard InChI is InChI=1S/C23H45F/c1-4-6-8-10-11-13-21-15-17-22(18-16-21)20(3)19-23(24)14-12-9-7-5-2/h20-23H,4-19H2,1-3H3. The predicted molar refractivity (Wildman–Crippen MR) is 106 cm³/mol. The van der Waals surface area contributed by atoms with Crippen molar-refractivity contribution < 1.29 is 4.39 Å². The van der Waals surface area contributed by atoms with Gasteiger partial charge in [-0.15, -0.1) is 0 Å². The first kappa shape index (κ1) is 22.0. The van der Waals surface area contributed by atoms with Gasteiger partial charge in [0.1, 0.15) is 6.17 Å². The Balaban J connectivity index is 2.08. The zero-order chi connectivity index (χ0) is 17.6. The maximum absolute atomic E-state index is 14.2. The average molecular weight is 341 g/mol. The summed E-state index contributed by atoms with van der Waals surface area (Å²) in [5.74, 6) is 2.37. The third kappa shape index (κ3) is 10.0. The number of alkyl halides is 1. The van der Waals surface area contributed by atoms with Crippen LogP contribution in [0.4, 0.5) is 4.39 Å². The summed E-state index contributed by atoms with van der Waals surface area (Å²) in [6.45, 7) is 6.82. The second-order valence-corrected chi connectivity index (χ2v) is 8.64. The van der Waals surface area contributed by atoms with Crippen molar-refractivity contribution in [3.63, 3.8) is 0 Å². The molecule has 0 aromatic heterocycles. The van der Waals surface area contributed by atoms with E-state index in [0.29, 0.717) is 5.92 Å². The molecule has 1 aliphatic rings. The maximum Gasteiger partial charge on any atom is 0.100 e. The highest BCUT2D eigenvalue weighted by Gasteiger charge is 2.26. The zero-order valence-electron chi connectivity index (χ0n) is 17.0. The smallest absolute Gasteiger partial charge is 0.100 e. The van der Waals surface area contributed by atoms with Crippen LogP contribution in [0.5, 0.6) is 0 Å². The van der Waals surface area contributed by atoms with Crippen molar-refractivity contribution in [1.29, 1.82) is 0 Å². The molecule has 0 nitrogen and oxygen atoms in total. The second-order valence-electron chi connectivity index (χ2n) is 8.64. The van der Waals surface area contributed by atoms with Crippen molar-refractivity contribution in [2.24, 2.45) is 17.8 Å². The lowest BCUT2D eigenvalue weighted by atomic mass is 9.73. The summed E-state index contributed by atoms with van der Waals surface area (Å²) in [6, 6.07) is 0. The van der Waals surface area contributed by atoms with Gasteiger partial charge in [0.15, 0.2) is 0 Å². The van der Waals surface area contributed by atoms with Crippen LogP contribution >= 0.6 is 0 Å². The Labute approximate surface area is 152 Å². The van der Waals surface area contributed by atoms with Gasteiger partial charge in [0.05, 0.1) is 0 Å². The molecule has 1 saturated carbocycles.